The molecule has 0 saturated heterocycles. The molecular weight excluding hydrogens is 298 g/mol. The van der Waals surface area contributed by atoms with E-state index >= 15 is 0 Å². The van der Waals surface area contributed by atoms with Crippen molar-refractivity contribution in [3.63, 3.8) is 0 Å². The molecule has 23 heavy (non-hydrogen) atoms. The highest BCUT2D eigenvalue weighted by Crippen LogP contribution is 2.60. The zero-order chi connectivity index (χ0) is 16.2. The lowest BCUT2D eigenvalue weighted by Crippen LogP contribution is -2.51. The lowest BCUT2D eigenvalue weighted by atomic mass is 9.49. The van der Waals surface area contributed by atoms with Crippen molar-refractivity contribution in [1.82, 2.24) is 0 Å². The van der Waals surface area contributed by atoms with E-state index in [0.29, 0.717) is 5.91 Å². The van der Waals surface area contributed by atoms with Gasteiger partial charge in [0, 0.05) is 5.69 Å². The fourth-order valence-corrected chi connectivity index (χ4v) is 6.87. The van der Waals surface area contributed by atoms with Gasteiger partial charge in [-0.2, -0.15) is 0 Å². The van der Waals surface area contributed by atoms with Gasteiger partial charge in [0.25, 0.3) is 0 Å². The Hall–Kier alpha value is -1.09. The van der Waals surface area contributed by atoms with Gasteiger partial charge < -0.3 is 5.32 Å². The summed E-state index contributed by atoms with van der Waals surface area (Å²) in [5.74, 6) is 2.76. The number of hydrogen-bond acceptors (Lipinski definition) is 1. The van der Waals surface area contributed by atoms with Gasteiger partial charge in [0.2, 0.25) is 5.91 Å². The Morgan fingerprint density at radius 3 is 1.87 bits per heavy atom. The standard InChI is InChI=1S/C20H29NOSi/c1-23(2,3)18-6-4-17(5-7-18)21-19(22)20-11-14-8-15(12-20)10-16(9-14)13-20/h4-7,14-16H,8-13H2,1-3H3,(H,21,22). The molecule has 4 fully saturated rings. The third kappa shape index (κ3) is 2.77. The molecule has 1 aromatic carbocycles. The number of amides is 1. The van der Waals surface area contributed by atoms with Gasteiger partial charge in [0.05, 0.1) is 13.5 Å². The third-order valence-corrected chi connectivity index (χ3v) is 8.59. The Labute approximate surface area is 141 Å². The average Bonchev–Trinajstić information content (AvgIpc) is 2.45. The first kappa shape index (κ1) is 15.4. The van der Waals surface area contributed by atoms with E-state index in [1.807, 2.05) is 0 Å². The van der Waals surface area contributed by atoms with Gasteiger partial charge >= 0.3 is 0 Å². The highest BCUT2D eigenvalue weighted by Gasteiger charge is 2.54. The van der Waals surface area contributed by atoms with Crippen LogP contribution in [0.15, 0.2) is 24.3 Å². The van der Waals surface area contributed by atoms with E-state index in [0.717, 1.165) is 42.7 Å². The predicted molar refractivity (Wildman–Crippen MR) is 98.7 cm³/mol. The van der Waals surface area contributed by atoms with Crippen molar-refractivity contribution in [3.05, 3.63) is 24.3 Å². The molecule has 0 heterocycles. The Bertz CT molecular complexity index is 578. The van der Waals surface area contributed by atoms with Crippen LogP contribution >= 0.6 is 0 Å². The summed E-state index contributed by atoms with van der Waals surface area (Å²) >= 11 is 0. The van der Waals surface area contributed by atoms with E-state index in [1.54, 1.807) is 0 Å². The zero-order valence-corrected chi connectivity index (χ0v) is 15.7. The van der Waals surface area contributed by atoms with E-state index in [-0.39, 0.29) is 5.41 Å². The number of hydrogen-bond donors (Lipinski definition) is 1. The normalized spacial score (nSPS) is 35.3. The predicted octanol–water partition coefficient (Wildman–Crippen LogP) is 4.39. The molecule has 0 radical (unpaired) electrons. The first-order valence-electron chi connectivity index (χ1n) is 9.26. The van der Waals surface area contributed by atoms with E-state index in [9.17, 15) is 4.79 Å². The highest BCUT2D eigenvalue weighted by atomic mass is 28.3. The fourth-order valence-electron chi connectivity index (χ4n) is 5.71. The second kappa shape index (κ2) is 5.20. The summed E-state index contributed by atoms with van der Waals surface area (Å²) in [4.78, 5) is 13.0. The molecule has 2 nitrogen and oxygen atoms in total. The largest absolute Gasteiger partial charge is 0.326 e. The van der Waals surface area contributed by atoms with E-state index in [1.165, 1.54) is 24.4 Å². The summed E-state index contributed by atoms with van der Waals surface area (Å²) in [6, 6.07) is 8.63. The molecule has 4 aliphatic carbocycles. The van der Waals surface area contributed by atoms with Crippen LogP contribution in [0.1, 0.15) is 38.5 Å². The van der Waals surface area contributed by atoms with Gasteiger partial charge in [0.1, 0.15) is 0 Å². The van der Waals surface area contributed by atoms with Crippen LogP contribution < -0.4 is 10.5 Å². The average molecular weight is 328 g/mol. The molecule has 0 aliphatic heterocycles. The molecule has 4 aliphatic rings. The van der Waals surface area contributed by atoms with Crippen LogP contribution in [0.2, 0.25) is 19.6 Å². The Morgan fingerprint density at radius 2 is 1.43 bits per heavy atom. The highest BCUT2D eigenvalue weighted by molar-refractivity contribution is 6.88. The molecule has 1 aromatic rings. The Balaban J connectivity index is 1.50. The van der Waals surface area contributed by atoms with Crippen LogP contribution in [-0.2, 0) is 4.79 Å². The molecule has 0 atom stereocenters. The Morgan fingerprint density at radius 1 is 0.957 bits per heavy atom. The van der Waals surface area contributed by atoms with Crippen LogP contribution in [0.25, 0.3) is 0 Å². The minimum atomic E-state index is -1.27. The van der Waals surface area contributed by atoms with Crippen LogP contribution in [0.4, 0.5) is 5.69 Å². The number of carbonyl (C=O) groups excluding carboxylic acids is 1. The summed E-state index contributed by atoms with van der Waals surface area (Å²) in [7, 11) is -1.27. The van der Waals surface area contributed by atoms with E-state index in [2.05, 4.69) is 49.2 Å². The first-order chi connectivity index (χ1) is 10.8. The first-order valence-corrected chi connectivity index (χ1v) is 12.8. The minimum absolute atomic E-state index is 0.0494. The number of benzene rings is 1. The molecule has 1 amide bonds. The zero-order valence-electron chi connectivity index (χ0n) is 14.7. The van der Waals surface area contributed by atoms with Gasteiger partial charge in [-0.25, -0.2) is 0 Å². The number of carbonyl (C=O) groups is 1. The second-order valence-electron chi connectivity index (χ2n) is 9.48. The van der Waals surface area contributed by atoms with E-state index < -0.39 is 8.07 Å². The van der Waals surface area contributed by atoms with Crippen LogP contribution in [0.5, 0.6) is 0 Å². The summed E-state index contributed by atoms with van der Waals surface area (Å²) in [6.45, 7) is 7.07. The third-order valence-electron chi connectivity index (χ3n) is 6.53. The topological polar surface area (TPSA) is 29.1 Å². The summed E-state index contributed by atoms with van der Waals surface area (Å²) in [5, 5.41) is 4.70. The molecule has 3 heteroatoms. The maximum Gasteiger partial charge on any atom is 0.230 e. The molecule has 124 valence electrons. The smallest absolute Gasteiger partial charge is 0.230 e. The lowest BCUT2D eigenvalue weighted by molar-refractivity contribution is -0.140. The van der Waals surface area contributed by atoms with Crippen molar-refractivity contribution < 1.29 is 4.79 Å². The Kier molecular flexibility index (Phi) is 3.49. The molecule has 4 saturated carbocycles. The molecule has 4 bridgehead atoms. The molecule has 0 aromatic heterocycles. The van der Waals surface area contributed by atoms with Crippen molar-refractivity contribution in [3.8, 4) is 0 Å². The van der Waals surface area contributed by atoms with Crippen molar-refractivity contribution in [2.75, 3.05) is 5.32 Å². The van der Waals surface area contributed by atoms with Crippen LogP contribution in [-0.4, -0.2) is 14.0 Å². The van der Waals surface area contributed by atoms with Gasteiger partial charge in [-0.05, 0) is 68.4 Å². The number of rotatable bonds is 3. The van der Waals surface area contributed by atoms with E-state index in [4.69, 9.17) is 0 Å². The summed E-state index contributed by atoms with van der Waals surface area (Å²) in [5.41, 5.74) is 0.930. The van der Waals surface area contributed by atoms with Crippen LogP contribution in [0.3, 0.4) is 0 Å². The van der Waals surface area contributed by atoms with Crippen molar-refractivity contribution >= 4 is 24.9 Å². The lowest BCUT2D eigenvalue weighted by Gasteiger charge is -2.55. The summed E-state index contributed by atoms with van der Waals surface area (Å²) < 4.78 is 0. The summed E-state index contributed by atoms with van der Waals surface area (Å²) in [6.07, 6.45) is 7.57. The molecule has 1 N–H and O–H groups in total. The van der Waals surface area contributed by atoms with Crippen molar-refractivity contribution in [2.24, 2.45) is 23.2 Å². The fraction of sp³-hybridized carbons (Fsp3) is 0.650. The maximum atomic E-state index is 13.0. The second-order valence-corrected chi connectivity index (χ2v) is 14.6. The minimum Gasteiger partial charge on any atom is -0.326 e. The van der Waals surface area contributed by atoms with Gasteiger partial charge in [-0.15, -0.1) is 0 Å². The van der Waals surface area contributed by atoms with Crippen LogP contribution in [0, 0.1) is 23.2 Å². The molecule has 0 spiro atoms. The van der Waals surface area contributed by atoms with Crippen molar-refractivity contribution in [2.45, 2.75) is 58.2 Å². The number of anilines is 1. The van der Waals surface area contributed by atoms with Gasteiger partial charge in [-0.1, -0.05) is 37.0 Å². The van der Waals surface area contributed by atoms with Gasteiger partial charge in [0.15, 0.2) is 0 Å². The maximum absolute atomic E-state index is 13.0. The molecular formula is C20H29NOSi. The number of nitrogens with one attached hydrogen (secondary N) is 1. The van der Waals surface area contributed by atoms with Gasteiger partial charge in [-0.3, -0.25) is 4.79 Å². The molecule has 0 unspecified atom stereocenters. The quantitative estimate of drug-likeness (QED) is 0.820. The molecule has 5 rings (SSSR count). The monoisotopic (exact) mass is 327 g/mol. The van der Waals surface area contributed by atoms with Crippen molar-refractivity contribution in [1.29, 1.82) is 0 Å². The SMILES string of the molecule is C[Si](C)(C)c1ccc(NC(=O)C23CC4CC(CC(C4)C2)C3)cc1.